The zero-order chi connectivity index (χ0) is 13.1. The van der Waals surface area contributed by atoms with E-state index >= 15 is 0 Å². The molecule has 1 N–H and O–H groups in total. The molecule has 0 bridgehead atoms. The number of amides is 1. The monoisotopic (exact) mass is 267 g/mol. The molecule has 1 aromatic heterocycles. The molecular formula is C9H12F3N3OS. The summed E-state index contributed by atoms with van der Waals surface area (Å²) in [6, 6.07) is 0. The van der Waals surface area contributed by atoms with Crippen LogP contribution in [0.4, 0.5) is 18.3 Å². The molecule has 0 saturated carbocycles. The van der Waals surface area contributed by atoms with Crippen LogP contribution in [-0.2, 0) is 11.2 Å². The lowest BCUT2D eigenvalue weighted by Crippen LogP contribution is -2.37. The van der Waals surface area contributed by atoms with Crippen molar-refractivity contribution in [3.05, 3.63) is 11.1 Å². The van der Waals surface area contributed by atoms with Gasteiger partial charge < -0.3 is 10.2 Å². The van der Waals surface area contributed by atoms with Gasteiger partial charge in [-0.3, -0.25) is 4.79 Å². The van der Waals surface area contributed by atoms with Crippen molar-refractivity contribution in [1.82, 2.24) is 10.3 Å². The Morgan fingerprint density at radius 1 is 1.53 bits per heavy atom. The number of halogens is 3. The largest absolute Gasteiger partial charge is 0.471 e. The molecule has 0 fully saturated rings. The molecule has 0 aliphatic heterocycles. The van der Waals surface area contributed by atoms with E-state index in [9.17, 15) is 18.0 Å². The first-order valence-electron chi connectivity index (χ1n) is 4.77. The fourth-order valence-electron chi connectivity index (χ4n) is 1.02. The van der Waals surface area contributed by atoms with E-state index in [-0.39, 0.29) is 13.0 Å². The van der Waals surface area contributed by atoms with Gasteiger partial charge in [-0.05, 0) is 0 Å². The molecule has 1 heterocycles. The summed E-state index contributed by atoms with van der Waals surface area (Å²) in [4.78, 5) is 16.5. The van der Waals surface area contributed by atoms with Crippen LogP contribution in [-0.4, -0.2) is 37.7 Å². The molecule has 0 spiro atoms. The zero-order valence-electron chi connectivity index (χ0n) is 9.34. The van der Waals surface area contributed by atoms with Crippen LogP contribution in [0, 0.1) is 0 Å². The van der Waals surface area contributed by atoms with E-state index in [1.165, 1.54) is 11.3 Å². The lowest BCUT2D eigenvalue weighted by Gasteiger charge is -2.07. The lowest BCUT2D eigenvalue weighted by atomic mass is 10.3. The lowest BCUT2D eigenvalue weighted by molar-refractivity contribution is -0.173. The highest BCUT2D eigenvalue weighted by molar-refractivity contribution is 7.13. The summed E-state index contributed by atoms with van der Waals surface area (Å²) in [5, 5.41) is 4.34. The van der Waals surface area contributed by atoms with Gasteiger partial charge in [-0.1, -0.05) is 0 Å². The number of nitrogens with zero attached hydrogens (tertiary/aromatic N) is 2. The summed E-state index contributed by atoms with van der Waals surface area (Å²) in [6.07, 6.45) is -4.54. The number of thiazole rings is 1. The van der Waals surface area contributed by atoms with Crippen LogP contribution in [0.25, 0.3) is 0 Å². The van der Waals surface area contributed by atoms with Gasteiger partial charge in [0.05, 0.1) is 5.69 Å². The van der Waals surface area contributed by atoms with Crippen LogP contribution in [0.3, 0.4) is 0 Å². The molecule has 8 heteroatoms. The van der Waals surface area contributed by atoms with E-state index in [1.807, 2.05) is 19.0 Å². The number of anilines is 1. The number of hydrogen-bond donors (Lipinski definition) is 1. The second-order valence-corrected chi connectivity index (χ2v) is 4.36. The SMILES string of the molecule is CN(C)c1nc(CCNC(=O)C(F)(F)F)cs1. The van der Waals surface area contributed by atoms with Crippen LogP contribution in [0.15, 0.2) is 5.38 Å². The Labute approximate surface area is 100 Å². The van der Waals surface area contributed by atoms with Gasteiger partial charge in [0, 0.05) is 32.4 Å². The number of carbonyl (C=O) groups is 1. The third-order valence-electron chi connectivity index (χ3n) is 1.85. The van der Waals surface area contributed by atoms with Crippen LogP contribution in [0.2, 0.25) is 0 Å². The van der Waals surface area contributed by atoms with E-state index in [2.05, 4.69) is 4.98 Å². The van der Waals surface area contributed by atoms with Gasteiger partial charge in [-0.2, -0.15) is 13.2 Å². The van der Waals surface area contributed by atoms with E-state index in [1.54, 1.807) is 10.7 Å². The summed E-state index contributed by atoms with van der Waals surface area (Å²) in [7, 11) is 3.65. The third-order valence-corrected chi connectivity index (χ3v) is 2.90. The predicted octanol–water partition coefficient (Wildman–Crippen LogP) is 1.43. The molecule has 0 unspecified atom stereocenters. The molecule has 1 amide bonds. The van der Waals surface area contributed by atoms with E-state index in [0.29, 0.717) is 5.69 Å². The van der Waals surface area contributed by atoms with Crippen LogP contribution in [0.1, 0.15) is 5.69 Å². The number of carbonyl (C=O) groups excluding carboxylic acids is 1. The van der Waals surface area contributed by atoms with Crippen LogP contribution in [0.5, 0.6) is 0 Å². The quantitative estimate of drug-likeness (QED) is 0.897. The highest BCUT2D eigenvalue weighted by Gasteiger charge is 2.38. The minimum Gasteiger partial charge on any atom is -0.354 e. The Morgan fingerprint density at radius 3 is 2.65 bits per heavy atom. The Bertz CT molecular complexity index is 389. The average molecular weight is 267 g/mol. The maximum absolute atomic E-state index is 11.9. The summed E-state index contributed by atoms with van der Waals surface area (Å²) in [5.74, 6) is -1.92. The van der Waals surface area contributed by atoms with Gasteiger partial charge in [0.15, 0.2) is 5.13 Å². The highest BCUT2D eigenvalue weighted by Crippen LogP contribution is 2.18. The molecule has 96 valence electrons. The van der Waals surface area contributed by atoms with Gasteiger partial charge in [-0.15, -0.1) is 11.3 Å². The molecular weight excluding hydrogens is 255 g/mol. The number of nitrogens with one attached hydrogen (secondary N) is 1. The summed E-state index contributed by atoms with van der Waals surface area (Å²) >= 11 is 1.40. The maximum Gasteiger partial charge on any atom is 0.471 e. The van der Waals surface area contributed by atoms with Gasteiger partial charge in [0.25, 0.3) is 0 Å². The molecule has 1 aromatic rings. The van der Waals surface area contributed by atoms with E-state index in [0.717, 1.165) is 5.13 Å². The fraction of sp³-hybridized carbons (Fsp3) is 0.556. The Balaban J connectivity index is 2.38. The van der Waals surface area contributed by atoms with Crippen molar-refractivity contribution in [2.24, 2.45) is 0 Å². The second-order valence-electron chi connectivity index (χ2n) is 3.52. The number of alkyl halides is 3. The minimum absolute atomic E-state index is 0.0745. The van der Waals surface area contributed by atoms with Crippen molar-refractivity contribution >= 4 is 22.4 Å². The molecule has 4 nitrogen and oxygen atoms in total. The molecule has 0 aromatic carbocycles. The van der Waals surface area contributed by atoms with Crippen molar-refractivity contribution < 1.29 is 18.0 Å². The second kappa shape index (κ2) is 5.35. The molecule has 0 atom stereocenters. The van der Waals surface area contributed by atoms with Crippen molar-refractivity contribution in [2.45, 2.75) is 12.6 Å². The Kier molecular flexibility index (Phi) is 4.33. The number of rotatable bonds is 4. The van der Waals surface area contributed by atoms with Gasteiger partial charge >= 0.3 is 12.1 Å². The standard InChI is InChI=1S/C9H12F3N3OS/c1-15(2)8-14-6(5-17-8)3-4-13-7(16)9(10,11)12/h5H,3-4H2,1-2H3,(H,13,16). The first-order chi connectivity index (χ1) is 7.80. The fourth-order valence-corrected chi connectivity index (χ4v) is 1.81. The Morgan fingerprint density at radius 2 is 2.18 bits per heavy atom. The molecule has 0 aliphatic carbocycles. The first-order valence-corrected chi connectivity index (χ1v) is 5.65. The van der Waals surface area contributed by atoms with Crippen molar-refractivity contribution in [1.29, 1.82) is 0 Å². The molecule has 0 radical (unpaired) electrons. The third kappa shape index (κ3) is 4.22. The molecule has 17 heavy (non-hydrogen) atoms. The highest BCUT2D eigenvalue weighted by atomic mass is 32.1. The average Bonchev–Trinajstić information content (AvgIpc) is 2.64. The topological polar surface area (TPSA) is 45.2 Å². The predicted molar refractivity (Wildman–Crippen MR) is 59.2 cm³/mol. The Hall–Kier alpha value is -1.31. The molecule has 0 aliphatic rings. The first kappa shape index (κ1) is 13.8. The number of aromatic nitrogens is 1. The maximum atomic E-state index is 11.9. The van der Waals surface area contributed by atoms with Gasteiger partial charge in [0.1, 0.15) is 0 Å². The van der Waals surface area contributed by atoms with Crippen LogP contribution >= 0.6 is 11.3 Å². The van der Waals surface area contributed by atoms with Gasteiger partial charge in [-0.25, -0.2) is 4.98 Å². The van der Waals surface area contributed by atoms with Crippen molar-refractivity contribution in [3.63, 3.8) is 0 Å². The summed E-state index contributed by atoms with van der Waals surface area (Å²) in [5.41, 5.74) is 0.668. The molecule has 1 rings (SSSR count). The van der Waals surface area contributed by atoms with E-state index < -0.39 is 12.1 Å². The van der Waals surface area contributed by atoms with Crippen molar-refractivity contribution in [3.8, 4) is 0 Å². The summed E-state index contributed by atoms with van der Waals surface area (Å²) in [6.45, 7) is -0.0745. The van der Waals surface area contributed by atoms with Crippen molar-refractivity contribution in [2.75, 3.05) is 25.5 Å². The molecule has 0 saturated heterocycles. The van der Waals surface area contributed by atoms with Crippen LogP contribution < -0.4 is 10.2 Å². The number of hydrogen-bond acceptors (Lipinski definition) is 4. The smallest absolute Gasteiger partial charge is 0.354 e. The zero-order valence-corrected chi connectivity index (χ0v) is 10.2. The van der Waals surface area contributed by atoms with Gasteiger partial charge in [0.2, 0.25) is 0 Å². The normalized spacial score (nSPS) is 11.4. The summed E-state index contributed by atoms with van der Waals surface area (Å²) < 4.78 is 35.6. The van der Waals surface area contributed by atoms with E-state index in [4.69, 9.17) is 0 Å². The minimum atomic E-state index is -4.82.